The molecule has 2 aromatic rings. The Morgan fingerprint density at radius 1 is 1.43 bits per heavy atom. The van der Waals surface area contributed by atoms with Crippen molar-refractivity contribution in [2.24, 2.45) is 0 Å². The van der Waals surface area contributed by atoms with Crippen LogP contribution in [0.3, 0.4) is 0 Å². The van der Waals surface area contributed by atoms with Crippen molar-refractivity contribution in [1.29, 1.82) is 0 Å². The van der Waals surface area contributed by atoms with Crippen LogP contribution >= 0.6 is 23.1 Å². The molecule has 1 amide bonds. The second kappa shape index (κ2) is 7.28. The number of aromatic nitrogens is 2. The molecule has 0 fully saturated rings. The highest BCUT2D eigenvalue weighted by Gasteiger charge is 2.20. The van der Waals surface area contributed by atoms with Gasteiger partial charge in [-0.05, 0) is 30.7 Å². The first-order valence-corrected chi connectivity index (χ1v) is 8.02. The van der Waals surface area contributed by atoms with Gasteiger partial charge in [0.2, 0.25) is 11.0 Å². The molecule has 1 unspecified atom stereocenters. The Hall–Kier alpha value is -1.80. The zero-order valence-corrected chi connectivity index (χ0v) is 13.3. The number of nitrogens with two attached hydrogens (primary N) is 1. The van der Waals surface area contributed by atoms with Crippen LogP contribution in [0.2, 0.25) is 0 Å². The zero-order valence-electron chi connectivity index (χ0n) is 11.7. The van der Waals surface area contributed by atoms with E-state index in [0.717, 1.165) is 11.4 Å². The van der Waals surface area contributed by atoms with Crippen LogP contribution in [-0.2, 0) is 4.79 Å². The van der Waals surface area contributed by atoms with Crippen LogP contribution in [-0.4, -0.2) is 28.5 Å². The van der Waals surface area contributed by atoms with Gasteiger partial charge in [0.1, 0.15) is 5.75 Å². The summed E-state index contributed by atoms with van der Waals surface area (Å²) in [7, 11) is 1.60. The van der Waals surface area contributed by atoms with Gasteiger partial charge in [-0.1, -0.05) is 30.0 Å². The van der Waals surface area contributed by atoms with Crippen LogP contribution in [0.15, 0.2) is 28.6 Å². The lowest BCUT2D eigenvalue weighted by atomic mass is 10.2. The predicted molar refractivity (Wildman–Crippen MR) is 85.9 cm³/mol. The van der Waals surface area contributed by atoms with E-state index in [2.05, 4.69) is 15.5 Å². The van der Waals surface area contributed by atoms with E-state index < -0.39 is 0 Å². The molecule has 1 heterocycles. The largest absolute Gasteiger partial charge is 0.497 e. The van der Waals surface area contributed by atoms with E-state index in [9.17, 15) is 4.79 Å². The van der Waals surface area contributed by atoms with Crippen LogP contribution in [0.25, 0.3) is 0 Å². The van der Waals surface area contributed by atoms with Gasteiger partial charge >= 0.3 is 0 Å². The molecule has 0 aliphatic carbocycles. The normalized spacial score (nSPS) is 11.9. The van der Waals surface area contributed by atoms with Gasteiger partial charge in [-0.2, -0.15) is 0 Å². The number of carbonyl (C=O) groups is 1. The minimum atomic E-state index is -0.237. The molecule has 6 nitrogen and oxygen atoms in total. The summed E-state index contributed by atoms with van der Waals surface area (Å²) >= 11 is 2.65. The van der Waals surface area contributed by atoms with Crippen LogP contribution in [0.1, 0.15) is 13.3 Å². The summed E-state index contributed by atoms with van der Waals surface area (Å²) in [4.78, 5) is 12.3. The monoisotopic (exact) mass is 324 g/mol. The third kappa shape index (κ3) is 4.33. The van der Waals surface area contributed by atoms with E-state index in [-0.39, 0.29) is 11.2 Å². The van der Waals surface area contributed by atoms with E-state index in [1.165, 1.54) is 23.1 Å². The highest BCUT2D eigenvalue weighted by Crippen LogP contribution is 2.30. The van der Waals surface area contributed by atoms with Crippen molar-refractivity contribution >= 4 is 39.8 Å². The number of methoxy groups -OCH3 is 1. The number of carbonyl (C=O) groups excluding carboxylic acids is 1. The summed E-state index contributed by atoms with van der Waals surface area (Å²) in [6.07, 6.45) is 0.687. The van der Waals surface area contributed by atoms with Gasteiger partial charge in [-0.15, -0.1) is 10.2 Å². The molecule has 0 aliphatic heterocycles. The molecule has 0 radical (unpaired) electrons. The van der Waals surface area contributed by atoms with E-state index in [4.69, 9.17) is 10.5 Å². The number of nitrogen functional groups attached to an aromatic ring is 1. The molecule has 0 saturated carbocycles. The molecule has 1 aromatic heterocycles. The standard InChI is InChI=1S/C13H16N4O2S2/c1-3-10(20-13-17-16-12(14)21-13)11(18)15-8-4-6-9(19-2)7-5-8/h4-7,10H,3H2,1-2H3,(H2,14,16)(H,15,18). The molecular weight excluding hydrogens is 308 g/mol. The number of hydrogen-bond acceptors (Lipinski definition) is 7. The first-order chi connectivity index (χ1) is 10.1. The van der Waals surface area contributed by atoms with E-state index >= 15 is 0 Å². The van der Waals surface area contributed by atoms with Gasteiger partial charge in [0, 0.05) is 5.69 Å². The maximum Gasteiger partial charge on any atom is 0.237 e. The van der Waals surface area contributed by atoms with Crippen molar-refractivity contribution in [1.82, 2.24) is 10.2 Å². The third-order valence-corrected chi connectivity index (χ3v) is 4.89. The summed E-state index contributed by atoms with van der Waals surface area (Å²) in [6.45, 7) is 1.95. The maximum absolute atomic E-state index is 12.3. The van der Waals surface area contributed by atoms with E-state index in [0.29, 0.717) is 15.9 Å². The number of thioether (sulfide) groups is 1. The Bertz CT molecular complexity index is 600. The summed E-state index contributed by atoms with van der Waals surface area (Å²) in [5.74, 6) is 0.681. The molecule has 21 heavy (non-hydrogen) atoms. The summed E-state index contributed by atoms with van der Waals surface area (Å²) in [5.41, 5.74) is 6.27. The fourth-order valence-corrected chi connectivity index (χ4v) is 3.41. The number of anilines is 2. The maximum atomic E-state index is 12.3. The number of nitrogens with one attached hydrogen (secondary N) is 1. The lowest BCUT2D eigenvalue weighted by molar-refractivity contribution is -0.115. The van der Waals surface area contributed by atoms with Gasteiger partial charge in [0.25, 0.3) is 0 Å². The van der Waals surface area contributed by atoms with Crippen LogP contribution in [0.5, 0.6) is 5.75 Å². The van der Waals surface area contributed by atoms with Crippen molar-refractivity contribution in [2.45, 2.75) is 22.9 Å². The summed E-state index contributed by atoms with van der Waals surface area (Å²) < 4.78 is 5.78. The third-order valence-electron chi connectivity index (χ3n) is 2.69. The Kier molecular flexibility index (Phi) is 5.40. The van der Waals surface area contributed by atoms with Crippen molar-refractivity contribution in [3.05, 3.63) is 24.3 Å². The minimum absolute atomic E-state index is 0.0681. The van der Waals surface area contributed by atoms with Gasteiger partial charge in [0.05, 0.1) is 12.4 Å². The lowest BCUT2D eigenvalue weighted by Gasteiger charge is -2.13. The molecule has 1 aromatic carbocycles. The number of amides is 1. The Morgan fingerprint density at radius 3 is 2.67 bits per heavy atom. The lowest BCUT2D eigenvalue weighted by Crippen LogP contribution is -2.24. The van der Waals surface area contributed by atoms with Gasteiger partial charge in [-0.25, -0.2) is 0 Å². The summed E-state index contributed by atoms with van der Waals surface area (Å²) in [6, 6.07) is 7.21. The van der Waals surface area contributed by atoms with E-state index in [1.807, 2.05) is 6.92 Å². The van der Waals surface area contributed by atoms with Crippen molar-refractivity contribution < 1.29 is 9.53 Å². The molecule has 0 saturated heterocycles. The van der Waals surface area contributed by atoms with Gasteiger partial charge in [0.15, 0.2) is 4.34 Å². The number of ether oxygens (including phenoxy) is 1. The van der Waals surface area contributed by atoms with E-state index in [1.54, 1.807) is 31.4 Å². The molecule has 1 atom stereocenters. The Balaban J connectivity index is 1.98. The SMILES string of the molecule is CCC(Sc1nnc(N)s1)C(=O)Nc1ccc(OC)cc1. The van der Waals surface area contributed by atoms with Crippen LogP contribution in [0.4, 0.5) is 10.8 Å². The van der Waals surface area contributed by atoms with Crippen LogP contribution in [0, 0.1) is 0 Å². The second-order valence-corrected chi connectivity index (χ2v) is 6.60. The van der Waals surface area contributed by atoms with Gasteiger partial charge < -0.3 is 15.8 Å². The predicted octanol–water partition coefficient (Wildman–Crippen LogP) is 2.64. The first-order valence-electron chi connectivity index (χ1n) is 6.33. The average Bonchev–Trinajstić information content (AvgIpc) is 2.90. The van der Waals surface area contributed by atoms with Crippen LogP contribution < -0.4 is 15.8 Å². The zero-order chi connectivity index (χ0) is 15.2. The fraction of sp³-hybridized carbons (Fsp3) is 0.308. The summed E-state index contributed by atoms with van der Waals surface area (Å²) in [5, 5.41) is 10.7. The molecule has 3 N–H and O–H groups in total. The number of rotatable bonds is 6. The van der Waals surface area contributed by atoms with Gasteiger partial charge in [-0.3, -0.25) is 4.79 Å². The molecule has 0 aliphatic rings. The molecule has 112 valence electrons. The number of nitrogens with zero attached hydrogens (tertiary/aromatic N) is 2. The van der Waals surface area contributed by atoms with Crippen molar-refractivity contribution in [3.63, 3.8) is 0 Å². The Labute approximate surface area is 131 Å². The Morgan fingerprint density at radius 2 is 2.14 bits per heavy atom. The fourth-order valence-electron chi connectivity index (χ4n) is 1.61. The highest BCUT2D eigenvalue weighted by molar-refractivity contribution is 8.02. The highest BCUT2D eigenvalue weighted by atomic mass is 32.2. The first kappa shape index (κ1) is 15.6. The number of hydrogen-bond donors (Lipinski definition) is 2. The molecule has 2 rings (SSSR count). The molecule has 0 bridgehead atoms. The minimum Gasteiger partial charge on any atom is -0.497 e. The quantitative estimate of drug-likeness (QED) is 0.794. The smallest absolute Gasteiger partial charge is 0.237 e. The van der Waals surface area contributed by atoms with Crippen molar-refractivity contribution in [2.75, 3.05) is 18.2 Å². The second-order valence-electron chi connectivity index (χ2n) is 4.14. The molecule has 0 spiro atoms. The average molecular weight is 324 g/mol. The topological polar surface area (TPSA) is 90.1 Å². The number of benzene rings is 1. The molecular formula is C13H16N4O2S2. The molecule has 8 heteroatoms. The van der Waals surface area contributed by atoms with Crippen molar-refractivity contribution in [3.8, 4) is 5.75 Å².